The number of carbonyl (C=O) groups is 2. The van der Waals surface area contributed by atoms with Crippen molar-refractivity contribution >= 4 is 11.6 Å². The molecule has 2 heteroatoms. The zero-order valence-electron chi connectivity index (χ0n) is 10.7. The molecule has 1 atom stereocenters. The van der Waals surface area contributed by atoms with Crippen LogP contribution in [0, 0.1) is 0 Å². The molecule has 3 rings (SSSR count). The molecule has 0 aromatic heterocycles. The number of Topliss-reactive ketones (excluding diaryl/α,β-unsaturated/α-hetero) is 2. The van der Waals surface area contributed by atoms with Crippen molar-refractivity contribution in [2.75, 3.05) is 0 Å². The molecule has 0 saturated carbocycles. The third-order valence-electron chi connectivity index (χ3n) is 3.90. The Hall–Kier alpha value is -2.22. The molecule has 2 aromatic carbocycles. The van der Waals surface area contributed by atoms with Crippen molar-refractivity contribution in [3.05, 3.63) is 71.3 Å². The lowest BCUT2D eigenvalue weighted by Crippen LogP contribution is -2.40. The highest BCUT2D eigenvalue weighted by Gasteiger charge is 2.43. The Labute approximate surface area is 112 Å². The van der Waals surface area contributed by atoms with E-state index in [-0.39, 0.29) is 18.0 Å². The van der Waals surface area contributed by atoms with E-state index in [9.17, 15) is 9.59 Å². The van der Waals surface area contributed by atoms with Crippen LogP contribution in [-0.4, -0.2) is 11.6 Å². The van der Waals surface area contributed by atoms with E-state index in [0.29, 0.717) is 11.1 Å². The van der Waals surface area contributed by atoms with Gasteiger partial charge in [0.25, 0.3) is 0 Å². The number of hydrogen-bond acceptors (Lipinski definition) is 2. The predicted molar refractivity (Wildman–Crippen MR) is 73.5 cm³/mol. The summed E-state index contributed by atoms with van der Waals surface area (Å²) >= 11 is 0. The Morgan fingerprint density at radius 2 is 1.42 bits per heavy atom. The van der Waals surface area contributed by atoms with Crippen LogP contribution in [-0.2, 0) is 5.41 Å². The van der Waals surface area contributed by atoms with Gasteiger partial charge in [0.15, 0.2) is 11.6 Å². The van der Waals surface area contributed by atoms with E-state index in [1.54, 1.807) is 24.3 Å². The number of benzene rings is 2. The van der Waals surface area contributed by atoms with Crippen molar-refractivity contribution in [2.24, 2.45) is 0 Å². The SMILES string of the molecule is C[C@]1(c2ccccc2)CC(=O)c2ccccc2C1=O. The highest BCUT2D eigenvalue weighted by Crippen LogP contribution is 2.37. The van der Waals surface area contributed by atoms with Crippen LogP contribution in [0.25, 0.3) is 0 Å². The Morgan fingerprint density at radius 3 is 2.11 bits per heavy atom. The molecule has 0 unspecified atom stereocenters. The summed E-state index contributed by atoms with van der Waals surface area (Å²) in [6, 6.07) is 16.6. The highest BCUT2D eigenvalue weighted by atomic mass is 16.1. The van der Waals surface area contributed by atoms with E-state index in [0.717, 1.165) is 5.56 Å². The molecule has 0 radical (unpaired) electrons. The van der Waals surface area contributed by atoms with E-state index >= 15 is 0 Å². The number of ketones is 2. The second-order valence-electron chi connectivity index (χ2n) is 5.17. The molecule has 0 N–H and O–H groups in total. The van der Waals surface area contributed by atoms with Gasteiger partial charge in [-0.05, 0) is 12.5 Å². The fourth-order valence-corrected chi connectivity index (χ4v) is 2.76. The summed E-state index contributed by atoms with van der Waals surface area (Å²) < 4.78 is 0. The lowest BCUT2D eigenvalue weighted by atomic mass is 9.67. The molecule has 0 amide bonds. The van der Waals surface area contributed by atoms with Gasteiger partial charge in [0, 0.05) is 17.5 Å². The van der Waals surface area contributed by atoms with Gasteiger partial charge in [-0.25, -0.2) is 0 Å². The van der Waals surface area contributed by atoms with Crippen LogP contribution in [0.2, 0.25) is 0 Å². The van der Waals surface area contributed by atoms with E-state index in [1.807, 2.05) is 37.3 Å². The highest BCUT2D eigenvalue weighted by molar-refractivity contribution is 6.18. The fourth-order valence-electron chi connectivity index (χ4n) is 2.76. The van der Waals surface area contributed by atoms with Gasteiger partial charge in [-0.3, -0.25) is 9.59 Å². The standard InChI is InChI=1S/C17H14O2/c1-17(12-7-3-2-4-8-12)11-15(18)13-9-5-6-10-14(13)16(17)19/h2-10H,11H2,1H3/t17-/m1/s1. The van der Waals surface area contributed by atoms with Crippen LogP contribution in [0.4, 0.5) is 0 Å². The maximum absolute atomic E-state index is 12.7. The van der Waals surface area contributed by atoms with Crippen LogP contribution in [0.5, 0.6) is 0 Å². The number of hydrogen-bond donors (Lipinski definition) is 0. The van der Waals surface area contributed by atoms with Crippen molar-refractivity contribution in [1.82, 2.24) is 0 Å². The Kier molecular flexibility index (Phi) is 2.59. The molecular weight excluding hydrogens is 236 g/mol. The molecule has 0 fully saturated rings. The summed E-state index contributed by atoms with van der Waals surface area (Å²) in [4.78, 5) is 25.0. The van der Waals surface area contributed by atoms with Gasteiger partial charge in [0.1, 0.15) is 0 Å². The fraction of sp³-hybridized carbons (Fsp3) is 0.176. The molecule has 1 aliphatic carbocycles. The molecule has 0 aliphatic heterocycles. The topological polar surface area (TPSA) is 34.1 Å². The van der Waals surface area contributed by atoms with Crippen LogP contribution >= 0.6 is 0 Å². The minimum Gasteiger partial charge on any atom is -0.294 e. The lowest BCUT2D eigenvalue weighted by molar-refractivity contribution is 0.0799. The van der Waals surface area contributed by atoms with Crippen LogP contribution in [0.15, 0.2) is 54.6 Å². The van der Waals surface area contributed by atoms with Crippen LogP contribution in [0.3, 0.4) is 0 Å². The van der Waals surface area contributed by atoms with Gasteiger partial charge in [0.05, 0.1) is 5.41 Å². The van der Waals surface area contributed by atoms with Crippen molar-refractivity contribution in [3.8, 4) is 0 Å². The maximum Gasteiger partial charge on any atom is 0.174 e. The van der Waals surface area contributed by atoms with E-state index < -0.39 is 5.41 Å². The zero-order chi connectivity index (χ0) is 13.5. The smallest absolute Gasteiger partial charge is 0.174 e. The molecule has 94 valence electrons. The van der Waals surface area contributed by atoms with Gasteiger partial charge in [-0.1, -0.05) is 54.6 Å². The first-order chi connectivity index (χ1) is 9.13. The summed E-state index contributed by atoms with van der Waals surface area (Å²) in [5, 5.41) is 0. The number of rotatable bonds is 1. The van der Waals surface area contributed by atoms with Gasteiger partial charge in [-0.2, -0.15) is 0 Å². The van der Waals surface area contributed by atoms with Gasteiger partial charge < -0.3 is 0 Å². The minimum atomic E-state index is -0.743. The average molecular weight is 250 g/mol. The third kappa shape index (κ3) is 1.72. The first kappa shape index (κ1) is 11.8. The quantitative estimate of drug-likeness (QED) is 0.777. The first-order valence-electron chi connectivity index (χ1n) is 6.35. The second-order valence-corrected chi connectivity index (χ2v) is 5.17. The zero-order valence-corrected chi connectivity index (χ0v) is 10.7. The lowest BCUT2D eigenvalue weighted by Gasteiger charge is -2.32. The number of carbonyl (C=O) groups excluding carboxylic acids is 2. The van der Waals surface area contributed by atoms with Crippen molar-refractivity contribution in [2.45, 2.75) is 18.8 Å². The van der Waals surface area contributed by atoms with E-state index in [2.05, 4.69) is 0 Å². The summed E-state index contributed by atoms with van der Waals surface area (Å²) in [7, 11) is 0. The second kappa shape index (κ2) is 4.16. The van der Waals surface area contributed by atoms with Crippen LogP contribution in [0.1, 0.15) is 39.6 Å². The molecule has 19 heavy (non-hydrogen) atoms. The van der Waals surface area contributed by atoms with Gasteiger partial charge in [0.2, 0.25) is 0 Å². The molecular formula is C17H14O2. The Balaban J connectivity index is 2.18. The van der Waals surface area contributed by atoms with Crippen molar-refractivity contribution < 1.29 is 9.59 Å². The molecule has 0 spiro atoms. The van der Waals surface area contributed by atoms with Crippen LogP contribution < -0.4 is 0 Å². The first-order valence-corrected chi connectivity index (χ1v) is 6.35. The van der Waals surface area contributed by atoms with Gasteiger partial charge >= 0.3 is 0 Å². The van der Waals surface area contributed by atoms with E-state index in [4.69, 9.17) is 0 Å². The average Bonchev–Trinajstić information content (AvgIpc) is 2.46. The normalized spacial score (nSPS) is 22.2. The van der Waals surface area contributed by atoms with Crippen molar-refractivity contribution in [3.63, 3.8) is 0 Å². The summed E-state index contributed by atoms with van der Waals surface area (Å²) in [5.74, 6) is 0.0791. The van der Waals surface area contributed by atoms with Gasteiger partial charge in [-0.15, -0.1) is 0 Å². The maximum atomic E-state index is 12.7. The molecule has 0 saturated heterocycles. The summed E-state index contributed by atoms with van der Waals surface area (Å²) in [5.41, 5.74) is 1.26. The molecule has 0 bridgehead atoms. The largest absolute Gasteiger partial charge is 0.294 e. The molecule has 2 nitrogen and oxygen atoms in total. The summed E-state index contributed by atoms with van der Waals surface area (Å²) in [6.07, 6.45) is 0.243. The third-order valence-corrected chi connectivity index (χ3v) is 3.90. The Morgan fingerprint density at radius 1 is 0.842 bits per heavy atom. The molecule has 2 aromatic rings. The molecule has 1 aliphatic rings. The van der Waals surface area contributed by atoms with Crippen molar-refractivity contribution in [1.29, 1.82) is 0 Å². The number of fused-ring (bicyclic) bond motifs is 1. The van der Waals surface area contributed by atoms with E-state index in [1.165, 1.54) is 0 Å². The summed E-state index contributed by atoms with van der Waals surface area (Å²) in [6.45, 7) is 1.86. The minimum absolute atomic E-state index is 0.0360. The Bertz CT molecular complexity index is 658. The monoisotopic (exact) mass is 250 g/mol. The predicted octanol–water partition coefficient (Wildman–Crippen LogP) is 3.41. The molecule has 0 heterocycles.